The Morgan fingerprint density at radius 1 is 0.889 bits per heavy atom. The van der Waals surface area contributed by atoms with E-state index in [1.807, 2.05) is 0 Å². The molecular formula is C25H46N2. The Balaban J connectivity index is 1.41. The van der Waals surface area contributed by atoms with Crippen LogP contribution in [0, 0.1) is 17.8 Å². The first-order chi connectivity index (χ1) is 12.8. The van der Waals surface area contributed by atoms with Crippen molar-refractivity contribution >= 4 is 0 Å². The number of nitrogens with zero attached hydrogens (tertiary/aromatic N) is 2. The van der Waals surface area contributed by atoms with E-state index in [-0.39, 0.29) is 0 Å². The van der Waals surface area contributed by atoms with Crippen LogP contribution in [-0.4, -0.2) is 47.1 Å². The first-order valence-corrected chi connectivity index (χ1v) is 12.1. The third-order valence-corrected chi connectivity index (χ3v) is 7.91. The highest BCUT2D eigenvalue weighted by molar-refractivity contribution is 5.20. The minimum absolute atomic E-state index is 0.706. The molecule has 0 aliphatic carbocycles. The number of fused-ring (bicyclic) bond motifs is 2. The highest BCUT2D eigenvalue weighted by Crippen LogP contribution is 2.39. The summed E-state index contributed by atoms with van der Waals surface area (Å²) >= 11 is 0. The van der Waals surface area contributed by atoms with Gasteiger partial charge in [-0.25, -0.2) is 0 Å². The minimum Gasteiger partial charge on any atom is -0.301 e. The summed E-state index contributed by atoms with van der Waals surface area (Å²) in [6.45, 7) is 17.1. The van der Waals surface area contributed by atoms with Gasteiger partial charge < -0.3 is 4.90 Å². The molecule has 3 heterocycles. The van der Waals surface area contributed by atoms with E-state index in [4.69, 9.17) is 0 Å². The molecule has 156 valence electrons. The summed E-state index contributed by atoms with van der Waals surface area (Å²) in [6.07, 6.45) is 14.0. The van der Waals surface area contributed by atoms with Crippen molar-refractivity contribution in [2.75, 3.05) is 13.1 Å². The van der Waals surface area contributed by atoms with Gasteiger partial charge in [0.25, 0.3) is 0 Å². The maximum Gasteiger partial charge on any atom is 0.0287 e. The molecule has 2 fully saturated rings. The molecule has 27 heavy (non-hydrogen) atoms. The molecule has 3 aliphatic heterocycles. The zero-order valence-electron chi connectivity index (χ0n) is 19.1. The molecule has 0 aromatic rings. The second-order valence-electron chi connectivity index (χ2n) is 10.7. The minimum atomic E-state index is 0.706. The molecule has 0 aromatic heterocycles. The molecule has 2 nitrogen and oxygen atoms in total. The smallest absolute Gasteiger partial charge is 0.0287 e. The fourth-order valence-electron chi connectivity index (χ4n) is 6.18. The van der Waals surface area contributed by atoms with Crippen LogP contribution in [0.1, 0.15) is 92.9 Å². The van der Waals surface area contributed by atoms with Gasteiger partial charge in [-0.1, -0.05) is 31.9 Å². The van der Waals surface area contributed by atoms with Crippen LogP contribution in [0.4, 0.5) is 0 Å². The molecule has 0 aromatic carbocycles. The lowest BCUT2D eigenvalue weighted by molar-refractivity contribution is 0.136. The quantitative estimate of drug-likeness (QED) is 0.472. The Bertz CT molecular complexity index is 487. The van der Waals surface area contributed by atoms with Crippen LogP contribution < -0.4 is 0 Å². The average molecular weight is 375 g/mol. The molecule has 4 unspecified atom stereocenters. The number of piperidine rings is 1. The highest BCUT2D eigenvalue weighted by Gasteiger charge is 2.38. The zero-order chi connectivity index (χ0) is 19.6. The molecular weight excluding hydrogens is 328 g/mol. The lowest BCUT2D eigenvalue weighted by Gasteiger charge is -2.38. The standard InChI is InChI=1S/C25H46N2/c1-18(2)26-13-11-22(12-14-26)15-20(5)7-8-21(6)23-16-24-9-10-25(17-23)27(24)19(3)4/h16,18-22,24-25H,7-15,17H2,1-6H3. The van der Waals surface area contributed by atoms with Gasteiger partial charge in [-0.2, -0.15) is 0 Å². The first-order valence-electron chi connectivity index (χ1n) is 12.1. The van der Waals surface area contributed by atoms with Gasteiger partial charge in [-0.15, -0.1) is 0 Å². The van der Waals surface area contributed by atoms with Crippen LogP contribution in [0.3, 0.4) is 0 Å². The van der Waals surface area contributed by atoms with E-state index in [0.717, 1.165) is 35.9 Å². The van der Waals surface area contributed by atoms with Crippen molar-refractivity contribution in [3.63, 3.8) is 0 Å². The Hall–Kier alpha value is -0.340. The number of rotatable bonds is 8. The second kappa shape index (κ2) is 9.44. The SMILES string of the molecule is CC(CCC(C)C1=CC2CCC(C1)N2C(C)C)CC1CCN(C(C)C)CC1. The molecule has 0 radical (unpaired) electrons. The topological polar surface area (TPSA) is 6.48 Å². The summed E-state index contributed by atoms with van der Waals surface area (Å²) in [5, 5.41) is 0. The van der Waals surface area contributed by atoms with Crippen LogP contribution in [0.2, 0.25) is 0 Å². The third kappa shape index (κ3) is 5.38. The monoisotopic (exact) mass is 374 g/mol. The van der Waals surface area contributed by atoms with Crippen LogP contribution in [0.5, 0.6) is 0 Å². The predicted molar refractivity (Wildman–Crippen MR) is 118 cm³/mol. The summed E-state index contributed by atoms with van der Waals surface area (Å²) in [4.78, 5) is 5.44. The summed E-state index contributed by atoms with van der Waals surface area (Å²) < 4.78 is 0. The molecule has 4 atom stereocenters. The molecule has 0 spiro atoms. The second-order valence-corrected chi connectivity index (χ2v) is 10.7. The number of hydrogen-bond donors (Lipinski definition) is 0. The Labute approximate surface area is 169 Å². The van der Waals surface area contributed by atoms with Gasteiger partial charge in [0.1, 0.15) is 0 Å². The van der Waals surface area contributed by atoms with E-state index in [1.54, 1.807) is 5.57 Å². The van der Waals surface area contributed by atoms with Crippen molar-refractivity contribution in [2.45, 2.75) is 117 Å². The van der Waals surface area contributed by atoms with Crippen molar-refractivity contribution in [3.05, 3.63) is 11.6 Å². The molecule has 0 N–H and O–H groups in total. The summed E-state index contributed by atoms with van der Waals surface area (Å²) in [7, 11) is 0. The lowest BCUT2D eigenvalue weighted by Crippen LogP contribution is -2.43. The van der Waals surface area contributed by atoms with Gasteiger partial charge in [0.2, 0.25) is 0 Å². The summed E-state index contributed by atoms with van der Waals surface area (Å²) in [5.41, 5.74) is 1.79. The average Bonchev–Trinajstić information content (AvgIpc) is 2.90. The van der Waals surface area contributed by atoms with E-state index in [0.29, 0.717) is 6.04 Å². The normalized spacial score (nSPS) is 30.1. The maximum atomic E-state index is 2.78. The molecule has 0 saturated carbocycles. The fraction of sp³-hybridized carbons (Fsp3) is 0.920. The van der Waals surface area contributed by atoms with Crippen LogP contribution in [0.25, 0.3) is 0 Å². The number of likely N-dealkylation sites (tertiary alicyclic amines) is 1. The Kier molecular flexibility index (Phi) is 7.47. The first kappa shape index (κ1) is 21.4. The van der Waals surface area contributed by atoms with E-state index in [1.165, 1.54) is 64.5 Å². The van der Waals surface area contributed by atoms with Gasteiger partial charge >= 0.3 is 0 Å². The van der Waals surface area contributed by atoms with Crippen LogP contribution in [-0.2, 0) is 0 Å². The van der Waals surface area contributed by atoms with Crippen molar-refractivity contribution in [3.8, 4) is 0 Å². The van der Waals surface area contributed by atoms with Crippen molar-refractivity contribution in [2.24, 2.45) is 17.8 Å². The van der Waals surface area contributed by atoms with E-state index in [2.05, 4.69) is 57.4 Å². The van der Waals surface area contributed by atoms with Gasteiger partial charge in [0.05, 0.1) is 0 Å². The van der Waals surface area contributed by atoms with Crippen LogP contribution >= 0.6 is 0 Å². The Morgan fingerprint density at radius 2 is 1.59 bits per heavy atom. The van der Waals surface area contributed by atoms with E-state index >= 15 is 0 Å². The van der Waals surface area contributed by atoms with Crippen LogP contribution in [0.15, 0.2) is 11.6 Å². The molecule has 2 saturated heterocycles. The van der Waals surface area contributed by atoms with Crippen molar-refractivity contribution < 1.29 is 0 Å². The largest absolute Gasteiger partial charge is 0.301 e. The number of hydrogen-bond acceptors (Lipinski definition) is 2. The highest BCUT2D eigenvalue weighted by atomic mass is 15.2. The van der Waals surface area contributed by atoms with Gasteiger partial charge in [0.15, 0.2) is 0 Å². The third-order valence-electron chi connectivity index (χ3n) is 7.91. The molecule has 3 aliphatic rings. The predicted octanol–water partition coefficient (Wildman–Crippen LogP) is 6.12. The van der Waals surface area contributed by atoms with Gasteiger partial charge in [-0.3, -0.25) is 4.90 Å². The molecule has 0 amide bonds. The van der Waals surface area contributed by atoms with Crippen molar-refractivity contribution in [1.82, 2.24) is 9.80 Å². The van der Waals surface area contributed by atoms with E-state index in [9.17, 15) is 0 Å². The molecule has 2 bridgehead atoms. The van der Waals surface area contributed by atoms with Crippen molar-refractivity contribution in [1.29, 1.82) is 0 Å². The van der Waals surface area contributed by atoms with E-state index < -0.39 is 0 Å². The molecule has 2 heteroatoms. The van der Waals surface area contributed by atoms with Gasteiger partial charge in [-0.05, 0) is 103 Å². The maximum absolute atomic E-state index is 2.78. The summed E-state index contributed by atoms with van der Waals surface area (Å²) in [6, 6.07) is 3.01. The van der Waals surface area contributed by atoms with Gasteiger partial charge in [0, 0.05) is 24.2 Å². The zero-order valence-corrected chi connectivity index (χ0v) is 19.1. The lowest BCUT2D eigenvalue weighted by atomic mass is 9.82. The molecule has 3 rings (SSSR count). The Morgan fingerprint density at radius 3 is 2.19 bits per heavy atom. The summed E-state index contributed by atoms with van der Waals surface area (Å²) in [5.74, 6) is 2.68. The fourth-order valence-corrected chi connectivity index (χ4v) is 6.18.